The molecule has 3 atom stereocenters. The molecule has 3 aromatic carbocycles. The van der Waals surface area contributed by atoms with Crippen molar-refractivity contribution in [3.63, 3.8) is 0 Å². The number of esters is 1. The average molecular weight is 992 g/mol. The van der Waals surface area contributed by atoms with Crippen molar-refractivity contribution in [1.82, 2.24) is 34.7 Å². The Morgan fingerprint density at radius 1 is 0.812 bits per heavy atom. The number of carbonyl (C=O) groups is 4. The molecule has 1 aliphatic carbocycles. The molecule has 4 N–H and O–H groups in total. The summed E-state index contributed by atoms with van der Waals surface area (Å²) in [5.41, 5.74) is 8.19. The van der Waals surface area contributed by atoms with Gasteiger partial charge in [0.25, 0.3) is 5.91 Å². The summed E-state index contributed by atoms with van der Waals surface area (Å²) < 4.78 is 9.53. The van der Waals surface area contributed by atoms with Gasteiger partial charge in [-0.25, -0.2) is 9.59 Å². The first kappa shape index (κ1) is 49.3. The number of H-pyrrole nitrogens is 1. The van der Waals surface area contributed by atoms with Crippen LogP contribution < -0.4 is 10.6 Å². The van der Waals surface area contributed by atoms with Crippen molar-refractivity contribution in [1.29, 1.82) is 5.26 Å². The van der Waals surface area contributed by atoms with E-state index < -0.39 is 12.0 Å². The molecule has 5 aromatic heterocycles. The summed E-state index contributed by atoms with van der Waals surface area (Å²) >= 11 is 3.41. The Kier molecular flexibility index (Phi) is 16.1. The number of hydrogen-bond donors (Lipinski definition) is 4. The molecular formula is C54H55BrN8O6. The van der Waals surface area contributed by atoms with E-state index in [-0.39, 0.29) is 29.7 Å². The lowest BCUT2D eigenvalue weighted by molar-refractivity contribution is -0.127. The minimum absolute atomic E-state index is 0.144. The molecule has 1 aliphatic rings. The molecule has 0 aliphatic heterocycles. The Morgan fingerprint density at radius 2 is 1.42 bits per heavy atom. The van der Waals surface area contributed by atoms with Gasteiger partial charge in [-0.2, -0.15) is 5.26 Å². The van der Waals surface area contributed by atoms with Crippen molar-refractivity contribution < 1.29 is 29.0 Å². The van der Waals surface area contributed by atoms with Crippen molar-refractivity contribution in [3.05, 3.63) is 143 Å². The third-order valence-corrected chi connectivity index (χ3v) is 12.7. The van der Waals surface area contributed by atoms with E-state index in [1.165, 1.54) is 0 Å². The maximum Gasteiger partial charge on any atom is 0.354 e. The lowest BCUT2D eigenvalue weighted by Crippen LogP contribution is -2.50. The number of amides is 2. The summed E-state index contributed by atoms with van der Waals surface area (Å²) in [6.07, 6.45) is 11.0. The predicted octanol–water partition coefficient (Wildman–Crippen LogP) is 10.6. The Hall–Kier alpha value is -7.57. The molecule has 2 amide bonds. The number of aryl methyl sites for hydroxylation is 2. The number of benzene rings is 3. The van der Waals surface area contributed by atoms with Crippen LogP contribution >= 0.6 is 15.9 Å². The molecule has 0 radical (unpaired) electrons. The Labute approximate surface area is 408 Å². The topological polar surface area (TPSA) is 197 Å². The molecule has 1 fully saturated rings. The van der Waals surface area contributed by atoms with Crippen LogP contribution in [-0.4, -0.2) is 71.6 Å². The van der Waals surface area contributed by atoms with Crippen LogP contribution in [0.15, 0.2) is 126 Å². The second kappa shape index (κ2) is 22.5. The van der Waals surface area contributed by atoms with Gasteiger partial charge in [0, 0.05) is 93.2 Å². The zero-order chi connectivity index (χ0) is 49.2. The SMILES string of the molecule is CC(C)C[C@@H](C#N)NC(=O)[C@@H]1CCCC[C@@H]1NC(=O)c1cc2ccc(-c3cccnc3)cc2[nH]1.CCOC(=O)c1cc2ccc(Br)cc2n1C.Cn1c(C(=O)O)cc2ccc(-c3cccnc3)cc21. The number of nitriles is 1. The number of aromatic nitrogens is 5. The van der Waals surface area contributed by atoms with Crippen molar-refractivity contribution in [3.8, 4) is 28.3 Å². The summed E-state index contributed by atoms with van der Waals surface area (Å²) in [5.74, 6) is -1.58. The number of carbonyl (C=O) groups excluding carboxylic acids is 3. The maximum atomic E-state index is 13.1. The molecule has 0 spiro atoms. The molecule has 0 saturated heterocycles. The van der Waals surface area contributed by atoms with E-state index in [0.29, 0.717) is 42.4 Å². The van der Waals surface area contributed by atoms with E-state index in [1.807, 2.05) is 123 Å². The van der Waals surface area contributed by atoms with Crippen LogP contribution in [0.25, 0.3) is 55.0 Å². The average Bonchev–Trinajstić information content (AvgIpc) is 4.04. The Bertz CT molecular complexity index is 3150. The number of ether oxygens (including phenoxy) is 1. The molecule has 8 aromatic rings. The van der Waals surface area contributed by atoms with E-state index in [4.69, 9.17) is 9.84 Å². The van der Waals surface area contributed by atoms with Crippen molar-refractivity contribution >= 4 is 72.4 Å². The summed E-state index contributed by atoms with van der Waals surface area (Å²) in [6.45, 7) is 6.25. The normalized spacial score (nSPS) is 14.8. The van der Waals surface area contributed by atoms with Gasteiger partial charge in [-0.05, 0) is 97.8 Å². The number of carboxylic acid groups (broad SMARTS) is 1. The number of halogens is 1. The van der Waals surface area contributed by atoms with Gasteiger partial charge < -0.3 is 34.6 Å². The number of fused-ring (bicyclic) bond motifs is 3. The lowest BCUT2D eigenvalue weighted by Gasteiger charge is -2.31. The monoisotopic (exact) mass is 990 g/mol. The summed E-state index contributed by atoms with van der Waals surface area (Å²) in [4.78, 5) is 60.3. The number of aromatic carboxylic acids is 1. The summed E-state index contributed by atoms with van der Waals surface area (Å²) in [5, 5.41) is 27.4. The fourth-order valence-corrected chi connectivity index (χ4v) is 9.02. The number of carboxylic acids is 1. The van der Waals surface area contributed by atoms with Gasteiger partial charge >= 0.3 is 11.9 Å². The van der Waals surface area contributed by atoms with Crippen LogP contribution in [0.3, 0.4) is 0 Å². The van der Waals surface area contributed by atoms with Crippen LogP contribution in [0.1, 0.15) is 84.3 Å². The molecule has 5 heterocycles. The number of nitrogens with zero attached hydrogens (tertiary/aromatic N) is 5. The second-order valence-corrected chi connectivity index (χ2v) is 18.4. The Morgan fingerprint density at radius 3 is 2.04 bits per heavy atom. The highest BCUT2D eigenvalue weighted by Gasteiger charge is 2.33. The minimum atomic E-state index is -0.915. The largest absolute Gasteiger partial charge is 0.477 e. The molecule has 354 valence electrons. The van der Waals surface area contributed by atoms with Gasteiger partial charge in [0.05, 0.1) is 18.6 Å². The molecule has 14 nitrogen and oxygen atoms in total. The van der Waals surface area contributed by atoms with Gasteiger partial charge in [0.2, 0.25) is 5.91 Å². The molecule has 1 saturated carbocycles. The molecule has 69 heavy (non-hydrogen) atoms. The zero-order valence-electron chi connectivity index (χ0n) is 39.2. The molecular weight excluding hydrogens is 937 g/mol. The van der Waals surface area contributed by atoms with Crippen LogP contribution in [0.2, 0.25) is 0 Å². The minimum Gasteiger partial charge on any atom is -0.477 e. The third kappa shape index (κ3) is 11.9. The zero-order valence-corrected chi connectivity index (χ0v) is 40.8. The fourth-order valence-electron chi connectivity index (χ4n) is 8.67. The van der Waals surface area contributed by atoms with Gasteiger partial charge in [-0.1, -0.05) is 85.1 Å². The van der Waals surface area contributed by atoms with E-state index >= 15 is 0 Å². The van der Waals surface area contributed by atoms with Crippen LogP contribution in [-0.2, 0) is 23.6 Å². The quantitative estimate of drug-likeness (QED) is 0.0911. The fraction of sp³-hybridized carbons (Fsp3) is 0.278. The number of rotatable bonds is 11. The van der Waals surface area contributed by atoms with Crippen molar-refractivity contribution in [2.75, 3.05) is 6.61 Å². The van der Waals surface area contributed by atoms with Gasteiger partial charge in [0.1, 0.15) is 23.1 Å². The highest BCUT2D eigenvalue weighted by molar-refractivity contribution is 9.10. The highest BCUT2D eigenvalue weighted by Crippen LogP contribution is 2.29. The number of pyridine rings is 2. The smallest absolute Gasteiger partial charge is 0.354 e. The van der Waals surface area contributed by atoms with Crippen LogP contribution in [0.4, 0.5) is 0 Å². The first-order valence-electron chi connectivity index (χ1n) is 22.9. The van der Waals surface area contributed by atoms with Gasteiger partial charge in [-0.3, -0.25) is 19.6 Å². The first-order chi connectivity index (χ1) is 33.2. The van der Waals surface area contributed by atoms with Crippen LogP contribution in [0, 0.1) is 23.2 Å². The predicted molar refractivity (Wildman–Crippen MR) is 271 cm³/mol. The third-order valence-electron chi connectivity index (χ3n) is 12.2. The van der Waals surface area contributed by atoms with Crippen LogP contribution in [0.5, 0.6) is 0 Å². The second-order valence-electron chi connectivity index (χ2n) is 17.4. The first-order valence-corrected chi connectivity index (χ1v) is 23.7. The lowest BCUT2D eigenvalue weighted by atomic mass is 9.83. The summed E-state index contributed by atoms with van der Waals surface area (Å²) in [7, 11) is 3.62. The van der Waals surface area contributed by atoms with E-state index in [0.717, 1.165) is 78.7 Å². The Balaban J connectivity index is 0.000000169. The van der Waals surface area contributed by atoms with Gasteiger partial charge in [-0.15, -0.1) is 0 Å². The van der Waals surface area contributed by atoms with Crippen molar-refractivity contribution in [2.24, 2.45) is 25.9 Å². The standard InChI is InChI=1S/C27H31N5O2.C15H12N2O2.C12H12BrNO2/c1-17(2)12-21(15-28)30-26(33)22-7-3-4-8-23(22)32-27(34)25-14-19-10-9-18(13-24(19)31-25)20-6-5-11-29-16-20;1-17-13-7-10(12-3-2-6-16-9-12)4-5-11(13)8-14(17)15(18)19;1-3-16-12(15)11-6-8-4-5-9(13)7-10(8)14(11)2/h5-6,9-11,13-14,16-17,21-23,31H,3-4,7-8,12H2,1-2H3,(H,30,33)(H,32,34);2-9H,1H3,(H,18,19);4-7H,3H2,1-2H3/t21-,22+,23-;;/m0../s1. The summed E-state index contributed by atoms with van der Waals surface area (Å²) in [6, 6.07) is 32.4. The van der Waals surface area contributed by atoms with Gasteiger partial charge in [0.15, 0.2) is 0 Å². The molecule has 0 bridgehead atoms. The number of nitrogens with one attached hydrogen (secondary N) is 3. The molecule has 15 heteroatoms. The number of hydrogen-bond acceptors (Lipinski definition) is 8. The molecule has 9 rings (SSSR count). The highest BCUT2D eigenvalue weighted by atomic mass is 79.9. The molecule has 0 unspecified atom stereocenters. The van der Waals surface area contributed by atoms with E-state index in [2.05, 4.69) is 47.6 Å². The number of aromatic amines is 1. The van der Waals surface area contributed by atoms with E-state index in [9.17, 15) is 24.4 Å². The maximum absolute atomic E-state index is 13.1. The van der Waals surface area contributed by atoms with E-state index in [1.54, 1.807) is 43.2 Å². The van der Waals surface area contributed by atoms with Crippen molar-refractivity contribution in [2.45, 2.75) is 65.0 Å².